The van der Waals surface area contributed by atoms with Crippen molar-refractivity contribution in [1.29, 1.82) is 0 Å². The van der Waals surface area contributed by atoms with Crippen LogP contribution < -0.4 is 0 Å². The van der Waals surface area contributed by atoms with Gasteiger partial charge in [0.05, 0.1) is 16.9 Å². The van der Waals surface area contributed by atoms with E-state index in [-0.39, 0.29) is 0 Å². The second kappa shape index (κ2) is 4.87. The van der Waals surface area contributed by atoms with Crippen molar-refractivity contribution in [2.75, 3.05) is 0 Å². The molecule has 0 fully saturated rings. The van der Waals surface area contributed by atoms with Gasteiger partial charge in [-0.2, -0.15) is 0 Å². The third kappa shape index (κ3) is 2.29. The average molecular weight is 271 g/mol. The maximum absolute atomic E-state index is 5.98. The normalized spacial score (nSPS) is 13.5. The van der Waals surface area contributed by atoms with Crippen LogP contribution in [0, 0.1) is 5.92 Å². The summed E-state index contributed by atoms with van der Waals surface area (Å²) in [5.74, 6) is 1.86. The zero-order valence-corrected chi connectivity index (χ0v) is 11.8. The molecule has 4 heteroatoms. The third-order valence-electron chi connectivity index (χ3n) is 3.22. The van der Waals surface area contributed by atoms with Crippen LogP contribution in [0.25, 0.3) is 11.0 Å². The topological polar surface area (TPSA) is 17.8 Å². The van der Waals surface area contributed by atoms with E-state index in [2.05, 4.69) is 30.3 Å². The van der Waals surface area contributed by atoms with Gasteiger partial charge in [0.25, 0.3) is 0 Å². The summed E-state index contributed by atoms with van der Waals surface area (Å²) in [6.45, 7) is 6.59. The molecule has 2 rings (SSSR count). The lowest BCUT2D eigenvalue weighted by Gasteiger charge is -2.20. The van der Waals surface area contributed by atoms with E-state index in [1.807, 2.05) is 18.2 Å². The lowest BCUT2D eigenvalue weighted by atomic mass is 10.1. The van der Waals surface area contributed by atoms with Gasteiger partial charge in [-0.3, -0.25) is 0 Å². The molecule has 0 bridgehead atoms. The van der Waals surface area contributed by atoms with Gasteiger partial charge in [-0.05, 0) is 31.0 Å². The molecule has 1 atom stereocenters. The number of halogens is 2. The van der Waals surface area contributed by atoms with Crippen LogP contribution in [-0.4, -0.2) is 9.55 Å². The first kappa shape index (κ1) is 12.7. The summed E-state index contributed by atoms with van der Waals surface area (Å²) >= 11 is 12.0. The van der Waals surface area contributed by atoms with Crippen molar-refractivity contribution in [2.45, 2.75) is 32.7 Å². The summed E-state index contributed by atoms with van der Waals surface area (Å²) in [6, 6.07) is 6.17. The molecule has 1 aromatic carbocycles. The molecule has 0 aliphatic rings. The molecule has 92 valence electrons. The number of fused-ring (bicyclic) bond motifs is 1. The molecule has 0 radical (unpaired) electrons. The quantitative estimate of drug-likeness (QED) is 0.743. The molecule has 0 aliphatic carbocycles. The Kier molecular flexibility index (Phi) is 3.64. The first-order valence-electron chi connectivity index (χ1n) is 5.77. The van der Waals surface area contributed by atoms with Gasteiger partial charge in [0.2, 0.25) is 0 Å². The molecule has 1 unspecified atom stereocenters. The van der Waals surface area contributed by atoms with E-state index in [1.54, 1.807) is 0 Å². The van der Waals surface area contributed by atoms with Gasteiger partial charge in [0.1, 0.15) is 5.82 Å². The van der Waals surface area contributed by atoms with Crippen LogP contribution in [0.15, 0.2) is 18.2 Å². The van der Waals surface area contributed by atoms with E-state index in [1.165, 1.54) is 0 Å². The van der Waals surface area contributed by atoms with E-state index >= 15 is 0 Å². The van der Waals surface area contributed by atoms with Gasteiger partial charge in [-0.25, -0.2) is 4.98 Å². The smallest absolute Gasteiger partial charge is 0.125 e. The van der Waals surface area contributed by atoms with Crippen molar-refractivity contribution in [1.82, 2.24) is 9.55 Å². The standard InChI is InChI=1S/C13H16Cl2N2/c1-8(2)9(3)17-12-5-4-10(15)6-11(12)16-13(17)7-14/h4-6,8-9H,7H2,1-3H3. The highest BCUT2D eigenvalue weighted by Gasteiger charge is 2.17. The molecule has 17 heavy (non-hydrogen) atoms. The van der Waals surface area contributed by atoms with Gasteiger partial charge in [-0.15, -0.1) is 11.6 Å². The molecular weight excluding hydrogens is 255 g/mol. The maximum atomic E-state index is 5.98. The number of nitrogens with zero attached hydrogens (tertiary/aromatic N) is 2. The van der Waals surface area contributed by atoms with E-state index < -0.39 is 0 Å². The zero-order valence-electron chi connectivity index (χ0n) is 10.2. The van der Waals surface area contributed by atoms with E-state index in [0.717, 1.165) is 16.9 Å². The number of rotatable bonds is 3. The fourth-order valence-corrected chi connectivity index (χ4v) is 2.32. The monoisotopic (exact) mass is 270 g/mol. The van der Waals surface area contributed by atoms with Crippen molar-refractivity contribution in [3.05, 3.63) is 29.0 Å². The number of benzene rings is 1. The van der Waals surface area contributed by atoms with Gasteiger partial charge in [-0.1, -0.05) is 25.4 Å². The molecule has 0 aliphatic heterocycles. The van der Waals surface area contributed by atoms with E-state index in [0.29, 0.717) is 22.9 Å². The molecule has 2 nitrogen and oxygen atoms in total. The van der Waals surface area contributed by atoms with Gasteiger partial charge >= 0.3 is 0 Å². The van der Waals surface area contributed by atoms with Crippen molar-refractivity contribution in [2.24, 2.45) is 5.92 Å². The molecule has 0 spiro atoms. The highest BCUT2D eigenvalue weighted by molar-refractivity contribution is 6.31. The molecule has 2 aromatic rings. The SMILES string of the molecule is CC(C)C(C)n1c(CCl)nc2cc(Cl)ccc21. The Morgan fingerprint density at radius 3 is 2.59 bits per heavy atom. The number of imidazole rings is 1. The second-order valence-corrected chi connectivity index (χ2v) is 5.35. The summed E-state index contributed by atoms with van der Waals surface area (Å²) < 4.78 is 2.21. The number of hydrogen-bond donors (Lipinski definition) is 0. The fraction of sp³-hybridized carbons (Fsp3) is 0.462. The Bertz CT molecular complexity index is 531. The Hall–Kier alpha value is -0.730. The summed E-state index contributed by atoms with van der Waals surface area (Å²) in [5, 5.41) is 0.709. The molecular formula is C13H16Cl2N2. The van der Waals surface area contributed by atoms with Crippen LogP contribution >= 0.6 is 23.2 Å². The van der Waals surface area contributed by atoms with Gasteiger partial charge in [0, 0.05) is 11.1 Å². The van der Waals surface area contributed by atoms with Crippen LogP contribution in [0.5, 0.6) is 0 Å². The molecule has 0 N–H and O–H groups in total. The minimum atomic E-state index is 0.370. The number of alkyl halides is 1. The van der Waals surface area contributed by atoms with E-state index in [4.69, 9.17) is 23.2 Å². The summed E-state index contributed by atoms with van der Waals surface area (Å²) in [5.41, 5.74) is 2.02. The summed E-state index contributed by atoms with van der Waals surface area (Å²) in [7, 11) is 0. The first-order chi connectivity index (χ1) is 8.04. The molecule has 0 amide bonds. The van der Waals surface area contributed by atoms with Gasteiger partial charge in [0.15, 0.2) is 0 Å². The number of hydrogen-bond acceptors (Lipinski definition) is 1. The van der Waals surface area contributed by atoms with Gasteiger partial charge < -0.3 is 4.57 Å². The molecule has 1 heterocycles. The lowest BCUT2D eigenvalue weighted by Crippen LogP contribution is -2.13. The number of aromatic nitrogens is 2. The third-order valence-corrected chi connectivity index (χ3v) is 3.69. The van der Waals surface area contributed by atoms with E-state index in [9.17, 15) is 0 Å². The summed E-state index contributed by atoms with van der Waals surface area (Å²) in [6.07, 6.45) is 0. The Morgan fingerprint density at radius 1 is 1.29 bits per heavy atom. The second-order valence-electron chi connectivity index (χ2n) is 4.65. The van der Waals surface area contributed by atoms with Crippen molar-refractivity contribution in [3.63, 3.8) is 0 Å². The van der Waals surface area contributed by atoms with Crippen LogP contribution in [0.2, 0.25) is 5.02 Å². The molecule has 1 aromatic heterocycles. The maximum Gasteiger partial charge on any atom is 0.125 e. The Balaban J connectivity index is 2.66. The minimum absolute atomic E-state index is 0.370. The Morgan fingerprint density at radius 2 is 2.00 bits per heavy atom. The van der Waals surface area contributed by atoms with Crippen LogP contribution in [0.3, 0.4) is 0 Å². The fourth-order valence-electron chi connectivity index (χ4n) is 1.97. The lowest BCUT2D eigenvalue weighted by molar-refractivity contribution is 0.409. The highest BCUT2D eigenvalue weighted by Crippen LogP contribution is 2.28. The van der Waals surface area contributed by atoms with Crippen LogP contribution in [-0.2, 0) is 5.88 Å². The molecule has 0 saturated heterocycles. The molecule has 0 saturated carbocycles. The zero-order chi connectivity index (χ0) is 12.6. The predicted molar refractivity (Wildman–Crippen MR) is 73.8 cm³/mol. The van der Waals surface area contributed by atoms with Crippen LogP contribution in [0.1, 0.15) is 32.6 Å². The highest BCUT2D eigenvalue weighted by atomic mass is 35.5. The average Bonchev–Trinajstić information content (AvgIpc) is 2.65. The Labute approximate surface area is 112 Å². The summed E-state index contributed by atoms with van der Waals surface area (Å²) in [4.78, 5) is 4.54. The largest absolute Gasteiger partial charge is 0.324 e. The minimum Gasteiger partial charge on any atom is -0.324 e. The van der Waals surface area contributed by atoms with Crippen molar-refractivity contribution < 1.29 is 0 Å². The first-order valence-corrected chi connectivity index (χ1v) is 6.68. The van der Waals surface area contributed by atoms with Crippen LogP contribution in [0.4, 0.5) is 0 Å². The van der Waals surface area contributed by atoms with Crippen molar-refractivity contribution >= 4 is 34.2 Å². The van der Waals surface area contributed by atoms with Crippen molar-refractivity contribution in [3.8, 4) is 0 Å². The predicted octanol–water partition coefficient (Wildman–Crippen LogP) is 4.65.